The first-order valence-electron chi connectivity index (χ1n) is 14.2. The number of hydrogen-bond donors (Lipinski definition) is 3. The Morgan fingerprint density at radius 1 is 0.950 bits per heavy atom. The van der Waals surface area contributed by atoms with Crippen molar-refractivity contribution in [2.75, 3.05) is 0 Å². The molecule has 0 aromatic heterocycles. The number of benzene rings is 3. The molecule has 2 aliphatic carbocycles. The van der Waals surface area contributed by atoms with Crippen LogP contribution in [0.4, 0.5) is 5.69 Å². The van der Waals surface area contributed by atoms with Crippen molar-refractivity contribution in [2.45, 2.75) is 69.9 Å². The molecule has 1 saturated carbocycles. The van der Waals surface area contributed by atoms with E-state index in [0.717, 1.165) is 50.5 Å². The molecule has 0 spiro atoms. The van der Waals surface area contributed by atoms with Crippen molar-refractivity contribution in [1.29, 1.82) is 0 Å². The number of non-ortho nitro benzene ring substituents is 1. The molecule has 0 heterocycles. The van der Waals surface area contributed by atoms with Crippen LogP contribution in [0.1, 0.15) is 78.9 Å². The summed E-state index contributed by atoms with van der Waals surface area (Å²) in [5.74, 6) is -0.335. The summed E-state index contributed by atoms with van der Waals surface area (Å²) in [6.45, 7) is 0. The molecule has 2 atom stereocenters. The Labute approximate surface area is 234 Å². The minimum absolute atomic E-state index is 0.0858. The summed E-state index contributed by atoms with van der Waals surface area (Å²) in [5, 5.41) is 27.9. The van der Waals surface area contributed by atoms with Gasteiger partial charge in [-0.3, -0.25) is 19.7 Å². The molecule has 0 saturated heterocycles. The van der Waals surface area contributed by atoms with Gasteiger partial charge in [0.1, 0.15) is 11.8 Å². The molecule has 3 aromatic rings. The number of carbonyl (C=O) groups excluding carboxylic acids is 2. The Morgan fingerprint density at radius 2 is 1.75 bits per heavy atom. The van der Waals surface area contributed by atoms with E-state index in [9.17, 15) is 24.8 Å². The predicted octanol–water partition coefficient (Wildman–Crippen LogP) is 6.23. The highest BCUT2D eigenvalue weighted by atomic mass is 16.6. The largest absolute Gasteiger partial charge is 0.507 e. The van der Waals surface area contributed by atoms with Crippen LogP contribution < -0.4 is 10.6 Å². The molecule has 40 heavy (non-hydrogen) atoms. The van der Waals surface area contributed by atoms with Gasteiger partial charge >= 0.3 is 0 Å². The van der Waals surface area contributed by atoms with Crippen molar-refractivity contribution in [3.8, 4) is 16.9 Å². The summed E-state index contributed by atoms with van der Waals surface area (Å²) in [7, 11) is 0. The predicted molar refractivity (Wildman–Crippen MR) is 153 cm³/mol. The molecular formula is C32H35N3O5. The first-order valence-corrected chi connectivity index (χ1v) is 14.2. The maximum Gasteiger partial charge on any atom is 0.270 e. The summed E-state index contributed by atoms with van der Waals surface area (Å²) in [5.41, 5.74) is 3.29. The van der Waals surface area contributed by atoms with Gasteiger partial charge in [0, 0.05) is 23.3 Å². The van der Waals surface area contributed by atoms with Gasteiger partial charge < -0.3 is 15.7 Å². The molecule has 208 valence electrons. The number of rotatable bonds is 8. The van der Waals surface area contributed by atoms with Crippen LogP contribution in [0.15, 0.2) is 66.7 Å². The van der Waals surface area contributed by atoms with Crippen molar-refractivity contribution < 1.29 is 19.6 Å². The first kappa shape index (κ1) is 27.4. The fourth-order valence-electron chi connectivity index (χ4n) is 6.10. The number of amides is 2. The highest BCUT2D eigenvalue weighted by molar-refractivity contribution is 5.99. The second-order valence-electron chi connectivity index (χ2n) is 11.0. The van der Waals surface area contributed by atoms with Crippen LogP contribution in [0.5, 0.6) is 5.75 Å². The normalized spacial score (nSPS) is 17.9. The highest BCUT2D eigenvalue weighted by Crippen LogP contribution is 2.33. The van der Waals surface area contributed by atoms with E-state index in [4.69, 9.17) is 0 Å². The molecule has 8 heteroatoms. The van der Waals surface area contributed by atoms with Crippen molar-refractivity contribution in [1.82, 2.24) is 10.6 Å². The number of aromatic hydroxyl groups is 1. The van der Waals surface area contributed by atoms with Gasteiger partial charge in [0.25, 0.3) is 11.6 Å². The number of phenols is 1. The molecule has 0 bridgehead atoms. The van der Waals surface area contributed by atoms with E-state index < -0.39 is 16.9 Å². The lowest BCUT2D eigenvalue weighted by Gasteiger charge is -2.30. The topological polar surface area (TPSA) is 122 Å². The maximum atomic E-state index is 13.7. The molecular weight excluding hydrogens is 506 g/mol. The van der Waals surface area contributed by atoms with Gasteiger partial charge in [-0.25, -0.2) is 0 Å². The van der Waals surface area contributed by atoms with E-state index in [0.29, 0.717) is 23.5 Å². The monoisotopic (exact) mass is 541 g/mol. The summed E-state index contributed by atoms with van der Waals surface area (Å²) in [6.07, 6.45) is 8.98. The molecule has 0 radical (unpaired) electrons. The van der Waals surface area contributed by atoms with Crippen LogP contribution in [0, 0.1) is 16.0 Å². The van der Waals surface area contributed by atoms with E-state index >= 15 is 0 Å². The molecule has 2 aliphatic rings. The minimum Gasteiger partial charge on any atom is -0.507 e. The van der Waals surface area contributed by atoms with Gasteiger partial charge in [-0.2, -0.15) is 0 Å². The zero-order chi connectivity index (χ0) is 28.1. The van der Waals surface area contributed by atoms with Gasteiger partial charge in [-0.05, 0) is 66.5 Å². The van der Waals surface area contributed by atoms with E-state index in [1.54, 1.807) is 6.07 Å². The van der Waals surface area contributed by atoms with E-state index in [-0.39, 0.29) is 28.9 Å². The van der Waals surface area contributed by atoms with Crippen LogP contribution in [0.25, 0.3) is 11.1 Å². The smallest absolute Gasteiger partial charge is 0.270 e. The number of nitrogens with one attached hydrogen (secondary N) is 2. The van der Waals surface area contributed by atoms with Crippen LogP contribution >= 0.6 is 0 Å². The summed E-state index contributed by atoms with van der Waals surface area (Å²) >= 11 is 0. The molecule has 3 aromatic carbocycles. The van der Waals surface area contributed by atoms with Crippen LogP contribution in [0.2, 0.25) is 0 Å². The lowest BCUT2D eigenvalue weighted by atomic mass is 9.84. The van der Waals surface area contributed by atoms with Crippen molar-refractivity contribution >= 4 is 17.5 Å². The molecule has 0 aliphatic heterocycles. The maximum absolute atomic E-state index is 13.7. The van der Waals surface area contributed by atoms with E-state index in [1.807, 2.05) is 12.1 Å². The lowest BCUT2D eigenvalue weighted by Crippen LogP contribution is -2.49. The lowest BCUT2D eigenvalue weighted by molar-refractivity contribution is -0.384. The molecule has 3 N–H and O–H groups in total. The summed E-state index contributed by atoms with van der Waals surface area (Å²) in [4.78, 5) is 37.9. The third-order valence-corrected chi connectivity index (χ3v) is 8.23. The van der Waals surface area contributed by atoms with Crippen molar-refractivity contribution in [2.24, 2.45) is 5.92 Å². The van der Waals surface area contributed by atoms with Gasteiger partial charge in [0.2, 0.25) is 5.91 Å². The number of carbonyl (C=O) groups is 2. The number of hydrogen-bond acceptors (Lipinski definition) is 5. The Balaban J connectivity index is 1.37. The Kier molecular flexibility index (Phi) is 8.43. The van der Waals surface area contributed by atoms with Gasteiger partial charge in [0.15, 0.2) is 0 Å². The summed E-state index contributed by atoms with van der Waals surface area (Å²) in [6, 6.07) is 17.7. The number of nitrogens with zero attached hydrogens (tertiary/aromatic N) is 1. The van der Waals surface area contributed by atoms with Crippen LogP contribution in [-0.4, -0.2) is 27.9 Å². The average molecular weight is 542 g/mol. The highest BCUT2D eigenvalue weighted by Gasteiger charge is 2.30. The molecule has 1 fully saturated rings. The number of nitro groups is 1. The fraction of sp³-hybridized carbons (Fsp3) is 0.375. The quantitative estimate of drug-likeness (QED) is 0.231. The van der Waals surface area contributed by atoms with E-state index in [2.05, 4.69) is 22.8 Å². The van der Waals surface area contributed by atoms with E-state index in [1.165, 1.54) is 48.4 Å². The zero-order valence-corrected chi connectivity index (χ0v) is 22.5. The molecule has 8 nitrogen and oxygen atoms in total. The number of nitro benzene ring substituents is 1. The van der Waals surface area contributed by atoms with Crippen molar-refractivity contribution in [3.05, 3.63) is 93.5 Å². The number of fused-ring (bicyclic) bond motifs is 1. The SMILES string of the molecule is O=C(N[C@@H](CC1CCCCC1)C(=O)NC1CCCc2ccccc21)c1ccc(O)c(-c2cccc([N+](=O)[O-])c2)c1. The standard InChI is InChI=1S/C32H35N3O5/c36-30-17-16-24(20-27(30)23-12-6-13-25(19-23)35(39)40)31(37)34-29(18-21-8-2-1-3-9-21)32(38)33-28-15-7-11-22-10-4-5-14-26(22)28/h4-6,10,12-14,16-17,19-21,28-29,36H,1-3,7-9,11,15,18H2,(H,33,38)(H,34,37)/t28?,29-/m0/s1. The fourth-order valence-corrected chi connectivity index (χ4v) is 6.10. The minimum atomic E-state index is -0.695. The average Bonchev–Trinajstić information content (AvgIpc) is 2.97. The van der Waals surface area contributed by atoms with Crippen molar-refractivity contribution in [3.63, 3.8) is 0 Å². The third kappa shape index (κ3) is 6.33. The second-order valence-corrected chi connectivity index (χ2v) is 11.0. The first-order chi connectivity index (χ1) is 19.4. The number of phenolic OH excluding ortho intramolecular Hbond substituents is 1. The summed E-state index contributed by atoms with van der Waals surface area (Å²) < 4.78 is 0. The zero-order valence-electron chi connectivity index (χ0n) is 22.5. The number of aryl methyl sites for hydroxylation is 1. The van der Waals surface area contributed by atoms with Crippen LogP contribution in [-0.2, 0) is 11.2 Å². The molecule has 2 amide bonds. The second kappa shape index (κ2) is 12.3. The molecule has 1 unspecified atom stereocenters. The third-order valence-electron chi connectivity index (χ3n) is 8.23. The Hall–Kier alpha value is -4.20. The molecule has 5 rings (SSSR count). The Morgan fingerprint density at radius 3 is 2.55 bits per heavy atom. The van der Waals surface area contributed by atoms with Gasteiger partial charge in [0.05, 0.1) is 11.0 Å². The van der Waals surface area contributed by atoms with Gasteiger partial charge in [-0.15, -0.1) is 0 Å². The Bertz CT molecular complexity index is 1400. The van der Waals surface area contributed by atoms with Gasteiger partial charge in [-0.1, -0.05) is 68.5 Å². The van der Waals surface area contributed by atoms with Crippen LogP contribution in [0.3, 0.4) is 0 Å².